The van der Waals surface area contributed by atoms with Crippen molar-refractivity contribution in [2.24, 2.45) is 0 Å². The number of carbonyl (C=O) groups excluding carboxylic acids is 2. The third kappa shape index (κ3) is 3.42. The lowest BCUT2D eigenvalue weighted by Gasteiger charge is -2.45. The number of nitrogens with zero attached hydrogens (tertiary/aromatic N) is 1. The summed E-state index contributed by atoms with van der Waals surface area (Å²) in [7, 11) is 1.52. The highest BCUT2D eigenvalue weighted by Gasteiger charge is 2.52. The molecule has 2 atom stereocenters. The summed E-state index contributed by atoms with van der Waals surface area (Å²) in [5.74, 6) is -0.421. The molecule has 0 spiro atoms. The average Bonchev–Trinajstić information content (AvgIpc) is 2.48. The minimum absolute atomic E-state index is 0.382. The summed E-state index contributed by atoms with van der Waals surface area (Å²) in [5.41, 5.74) is -1.49. The molecule has 24 heavy (non-hydrogen) atoms. The Labute approximate surface area is 147 Å². The number of ketones is 1. The van der Waals surface area contributed by atoms with E-state index in [0.29, 0.717) is 29.8 Å². The van der Waals surface area contributed by atoms with Gasteiger partial charge in [0.25, 0.3) is 0 Å². The lowest BCUT2D eigenvalue weighted by atomic mass is 9.73. The Morgan fingerprint density at radius 3 is 2.58 bits per heavy atom. The summed E-state index contributed by atoms with van der Waals surface area (Å²) >= 11 is 6.33. The molecule has 0 unspecified atom stereocenters. The molecule has 0 bridgehead atoms. The van der Waals surface area contributed by atoms with Crippen molar-refractivity contribution in [1.82, 2.24) is 4.90 Å². The summed E-state index contributed by atoms with van der Waals surface area (Å²) in [6.45, 7) is 5.29. The fraction of sp³-hybridized carbons (Fsp3) is 0.556. The molecule has 1 amide bonds. The number of hydrogen-bond donors (Lipinski definition) is 1. The number of rotatable bonds is 2. The zero-order chi connectivity index (χ0) is 18.1. The summed E-state index contributed by atoms with van der Waals surface area (Å²) in [4.78, 5) is 26.9. The van der Waals surface area contributed by atoms with Gasteiger partial charge in [-0.15, -0.1) is 0 Å². The molecule has 1 N–H and O–H groups in total. The maximum atomic E-state index is 13.0. The molecule has 0 aromatic heterocycles. The van der Waals surface area contributed by atoms with Gasteiger partial charge in [0, 0.05) is 17.6 Å². The van der Waals surface area contributed by atoms with E-state index < -0.39 is 29.1 Å². The molecule has 1 saturated carbocycles. The Kier molecular flexibility index (Phi) is 5.25. The Bertz CT molecular complexity index is 640. The molecule has 1 aliphatic rings. The van der Waals surface area contributed by atoms with E-state index in [1.54, 1.807) is 45.0 Å². The quantitative estimate of drug-likeness (QED) is 0.883. The topological polar surface area (TPSA) is 66.8 Å². The Balaban J connectivity index is 2.54. The van der Waals surface area contributed by atoms with E-state index in [1.165, 1.54) is 11.9 Å². The van der Waals surface area contributed by atoms with Gasteiger partial charge in [-0.05, 0) is 46.1 Å². The van der Waals surface area contributed by atoms with Crippen molar-refractivity contribution in [3.63, 3.8) is 0 Å². The second kappa shape index (κ2) is 6.73. The van der Waals surface area contributed by atoms with E-state index in [-0.39, 0.29) is 0 Å². The van der Waals surface area contributed by atoms with E-state index in [2.05, 4.69) is 0 Å². The summed E-state index contributed by atoms with van der Waals surface area (Å²) < 4.78 is 5.43. The van der Waals surface area contributed by atoms with Crippen molar-refractivity contribution >= 4 is 23.5 Å². The number of amides is 1. The van der Waals surface area contributed by atoms with E-state index >= 15 is 0 Å². The number of aliphatic hydroxyl groups is 1. The maximum Gasteiger partial charge on any atom is 0.411 e. The monoisotopic (exact) mass is 353 g/mol. The highest BCUT2D eigenvalue weighted by Crippen LogP contribution is 2.42. The van der Waals surface area contributed by atoms with Crippen LogP contribution in [0.15, 0.2) is 24.3 Å². The lowest BCUT2D eigenvalue weighted by molar-refractivity contribution is -0.144. The first-order valence-electron chi connectivity index (χ1n) is 8.04. The molecule has 0 saturated heterocycles. The Hall–Kier alpha value is -1.59. The van der Waals surface area contributed by atoms with E-state index in [0.717, 1.165) is 0 Å². The third-order valence-electron chi connectivity index (χ3n) is 4.29. The van der Waals surface area contributed by atoms with Crippen molar-refractivity contribution in [3.05, 3.63) is 34.9 Å². The molecule has 1 aromatic rings. The number of Topliss-reactive ketones (excluding diaryl/α,β-unsaturated/α-hetero) is 1. The number of aliphatic hydroxyl groups excluding tert-OH is 1. The molecule has 1 aromatic carbocycles. The smallest absolute Gasteiger partial charge is 0.411 e. The van der Waals surface area contributed by atoms with E-state index in [4.69, 9.17) is 16.3 Å². The number of likely N-dealkylation sites (N-methyl/N-ethyl adjacent to an activating group) is 1. The molecule has 0 heterocycles. The minimum Gasteiger partial charge on any atom is -0.444 e. The highest BCUT2D eigenvalue weighted by atomic mass is 35.5. The van der Waals surface area contributed by atoms with Crippen LogP contribution >= 0.6 is 11.6 Å². The van der Waals surface area contributed by atoms with Crippen molar-refractivity contribution in [2.45, 2.75) is 57.3 Å². The van der Waals surface area contributed by atoms with Crippen LogP contribution in [0.2, 0.25) is 5.02 Å². The molecule has 132 valence electrons. The van der Waals surface area contributed by atoms with Crippen molar-refractivity contribution in [3.8, 4) is 0 Å². The summed E-state index contributed by atoms with van der Waals surface area (Å²) in [6, 6.07) is 6.92. The van der Waals surface area contributed by atoms with Crippen LogP contribution in [0.3, 0.4) is 0 Å². The first kappa shape index (κ1) is 18.7. The van der Waals surface area contributed by atoms with Gasteiger partial charge in [0.1, 0.15) is 17.2 Å². The fourth-order valence-electron chi connectivity index (χ4n) is 3.15. The molecule has 1 fully saturated rings. The molecule has 5 nitrogen and oxygen atoms in total. The lowest BCUT2D eigenvalue weighted by Crippen LogP contribution is -2.58. The van der Waals surface area contributed by atoms with Gasteiger partial charge >= 0.3 is 6.09 Å². The van der Waals surface area contributed by atoms with Crippen molar-refractivity contribution in [1.29, 1.82) is 0 Å². The van der Waals surface area contributed by atoms with Crippen LogP contribution < -0.4 is 0 Å². The largest absolute Gasteiger partial charge is 0.444 e. The van der Waals surface area contributed by atoms with Gasteiger partial charge < -0.3 is 9.84 Å². The highest BCUT2D eigenvalue weighted by molar-refractivity contribution is 6.31. The summed E-state index contributed by atoms with van der Waals surface area (Å²) in [6.07, 6.45) is -0.370. The van der Waals surface area contributed by atoms with Crippen LogP contribution in [0.1, 0.15) is 45.6 Å². The van der Waals surface area contributed by atoms with Gasteiger partial charge in [-0.2, -0.15) is 0 Å². The SMILES string of the molecule is CN(C(=O)OC(C)(C)C)[C@@]1(c2ccccc2Cl)CCC[C@@H](O)C1=O. The number of carbonyl (C=O) groups is 2. The number of hydrogen-bond acceptors (Lipinski definition) is 4. The van der Waals surface area contributed by atoms with Crippen LogP contribution in [0.25, 0.3) is 0 Å². The van der Waals surface area contributed by atoms with Gasteiger partial charge in [0.15, 0.2) is 5.78 Å². The standard InChI is InChI=1S/C18H24ClNO4/c1-17(2,3)24-16(23)20(4)18(11-7-10-14(21)15(18)22)12-8-5-6-9-13(12)19/h5-6,8-9,14,21H,7,10-11H2,1-4H3/t14-,18-/m1/s1. The maximum absolute atomic E-state index is 13.0. The first-order valence-corrected chi connectivity index (χ1v) is 8.41. The van der Waals surface area contributed by atoms with Crippen molar-refractivity contribution in [2.75, 3.05) is 7.05 Å². The van der Waals surface area contributed by atoms with E-state index in [9.17, 15) is 14.7 Å². The molecule has 1 aliphatic carbocycles. The van der Waals surface area contributed by atoms with Gasteiger partial charge in [-0.3, -0.25) is 9.69 Å². The van der Waals surface area contributed by atoms with Gasteiger partial charge in [-0.25, -0.2) is 4.79 Å². The Morgan fingerprint density at radius 1 is 1.38 bits per heavy atom. The van der Waals surface area contributed by atoms with Crippen LogP contribution in [0.5, 0.6) is 0 Å². The molecule has 2 rings (SSSR count). The molecular weight excluding hydrogens is 330 g/mol. The minimum atomic E-state index is -1.32. The summed E-state index contributed by atoms with van der Waals surface area (Å²) in [5, 5.41) is 10.5. The second-order valence-electron chi connectivity index (χ2n) is 7.15. The van der Waals surface area contributed by atoms with Gasteiger partial charge in [0.05, 0.1) is 0 Å². The zero-order valence-electron chi connectivity index (χ0n) is 14.5. The predicted octanol–water partition coefficient (Wildman–Crippen LogP) is 3.52. The number of benzene rings is 1. The van der Waals surface area contributed by atoms with Crippen LogP contribution in [0, 0.1) is 0 Å². The normalized spacial score (nSPS) is 24.6. The van der Waals surface area contributed by atoms with Crippen LogP contribution in [-0.2, 0) is 15.1 Å². The van der Waals surface area contributed by atoms with E-state index in [1.807, 2.05) is 0 Å². The molecule has 0 aliphatic heterocycles. The number of ether oxygens (including phenoxy) is 1. The average molecular weight is 354 g/mol. The molecular formula is C18H24ClNO4. The predicted molar refractivity (Wildman–Crippen MR) is 92.0 cm³/mol. The fourth-order valence-corrected chi connectivity index (χ4v) is 3.44. The van der Waals surface area contributed by atoms with Gasteiger partial charge in [0.2, 0.25) is 0 Å². The second-order valence-corrected chi connectivity index (χ2v) is 7.56. The Morgan fingerprint density at radius 2 is 2.00 bits per heavy atom. The van der Waals surface area contributed by atoms with Crippen LogP contribution in [0.4, 0.5) is 4.79 Å². The zero-order valence-corrected chi connectivity index (χ0v) is 15.3. The van der Waals surface area contributed by atoms with Gasteiger partial charge in [-0.1, -0.05) is 29.8 Å². The first-order chi connectivity index (χ1) is 11.1. The molecule has 0 radical (unpaired) electrons. The third-order valence-corrected chi connectivity index (χ3v) is 4.62. The molecule has 6 heteroatoms. The van der Waals surface area contributed by atoms with Crippen molar-refractivity contribution < 1.29 is 19.4 Å². The number of halogens is 1. The van der Waals surface area contributed by atoms with Crippen LogP contribution in [-0.4, -0.2) is 40.6 Å².